The lowest BCUT2D eigenvalue weighted by Crippen LogP contribution is -2.61. The van der Waals surface area contributed by atoms with Gasteiger partial charge in [-0.25, -0.2) is 0 Å². The van der Waals surface area contributed by atoms with Gasteiger partial charge in [0.2, 0.25) is 5.91 Å². The van der Waals surface area contributed by atoms with Gasteiger partial charge in [0.1, 0.15) is 5.54 Å². The van der Waals surface area contributed by atoms with E-state index in [4.69, 9.17) is 21.1 Å². The van der Waals surface area contributed by atoms with Crippen molar-refractivity contribution in [1.82, 2.24) is 10.2 Å². The molecule has 2 fully saturated rings. The summed E-state index contributed by atoms with van der Waals surface area (Å²) >= 11 is 6.79. The summed E-state index contributed by atoms with van der Waals surface area (Å²) in [7, 11) is 3.31. The number of ether oxygens (including phenoxy) is 2. The molecule has 1 unspecified atom stereocenters. The Kier molecular flexibility index (Phi) is 5.98. The van der Waals surface area contributed by atoms with Crippen LogP contribution in [0.1, 0.15) is 48.5 Å². The molecule has 1 atom stereocenters. The van der Waals surface area contributed by atoms with E-state index in [2.05, 4.69) is 10.2 Å². The van der Waals surface area contributed by atoms with Crippen molar-refractivity contribution in [3.05, 3.63) is 28.3 Å². The summed E-state index contributed by atoms with van der Waals surface area (Å²) in [6, 6.07) is 3.69. The maximum absolute atomic E-state index is 13.1. The van der Waals surface area contributed by atoms with Gasteiger partial charge >= 0.3 is 0 Å². The first-order chi connectivity index (χ1) is 14.8. The first kappa shape index (κ1) is 22.0. The Morgan fingerprint density at radius 2 is 1.84 bits per heavy atom. The number of carbonyl (C=O) groups excluding carboxylic acids is 3. The van der Waals surface area contributed by atoms with Crippen LogP contribution < -0.4 is 10.2 Å². The molecule has 0 spiro atoms. The molecule has 9 heteroatoms. The Hall–Kier alpha value is -2.16. The number of imide groups is 1. The van der Waals surface area contributed by atoms with Crippen molar-refractivity contribution in [2.75, 3.05) is 32.2 Å². The molecule has 0 saturated carbocycles. The lowest BCUT2D eigenvalue weighted by atomic mass is 9.89. The highest BCUT2D eigenvalue weighted by Crippen LogP contribution is 2.41. The molecule has 0 aliphatic carbocycles. The van der Waals surface area contributed by atoms with Crippen LogP contribution in [-0.2, 0) is 25.6 Å². The van der Waals surface area contributed by atoms with Gasteiger partial charge in [-0.05, 0) is 38.3 Å². The van der Waals surface area contributed by atoms with Gasteiger partial charge in [-0.3, -0.25) is 19.7 Å². The Balaban J connectivity index is 1.54. The zero-order valence-corrected chi connectivity index (χ0v) is 18.8. The normalized spacial score (nSPS) is 24.7. The van der Waals surface area contributed by atoms with Crippen LogP contribution in [0.5, 0.6) is 0 Å². The molecule has 4 rings (SSSR count). The van der Waals surface area contributed by atoms with Gasteiger partial charge in [0, 0.05) is 57.3 Å². The van der Waals surface area contributed by atoms with Gasteiger partial charge in [0.15, 0.2) is 6.29 Å². The van der Waals surface area contributed by atoms with Gasteiger partial charge < -0.3 is 19.3 Å². The fourth-order valence-corrected chi connectivity index (χ4v) is 5.27. The van der Waals surface area contributed by atoms with Crippen molar-refractivity contribution in [1.29, 1.82) is 0 Å². The fraction of sp³-hybridized carbons (Fsp3) is 0.591. The maximum atomic E-state index is 13.1. The Labute approximate surface area is 186 Å². The quantitative estimate of drug-likeness (QED) is 0.548. The minimum Gasteiger partial charge on any atom is -0.370 e. The molecule has 3 amide bonds. The van der Waals surface area contributed by atoms with Crippen molar-refractivity contribution in [2.45, 2.75) is 51.0 Å². The van der Waals surface area contributed by atoms with Crippen LogP contribution >= 0.6 is 11.6 Å². The summed E-state index contributed by atoms with van der Waals surface area (Å²) in [5, 5.41) is 2.91. The van der Waals surface area contributed by atoms with Crippen molar-refractivity contribution in [3.63, 3.8) is 0 Å². The molecule has 3 aliphatic rings. The molecular formula is C22H28ClN3O5. The minimum absolute atomic E-state index is 0.209. The molecule has 2 saturated heterocycles. The predicted octanol–water partition coefficient (Wildman–Crippen LogP) is 2.33. The van der Waals surface area contributed by atoms with Gasteiger partial charge in [-0.15, -0.1) is 0 Å². The molecule has 1 aromatic rings. The van der Waals surface area contributed by atoms with E-state index in [1.54, 1.807) is 32.1 Å². The number of rotatable bonds is 5. The average Bonchev–Trinajstić information content (AvgIpc) is 3.11. The third-order valence-electron chi connectivity index (χ3n) is 6.92. The SMILES string of the molecule is COC(OC)C1CCN(c2ccc3c(c2Cl)CN(C2(C)CCC(=O)NC2=O)C3=O)CC1. The number of methoxy groups -OCH3 is 2. The fourth-order valence-electron chi connectivity index (χ4n) is 4.93. The van der Waals surface area contributed by atoms with Gasteiger partial charge in [-0.1, -0.05) is 11.6 Å². The number of hydrogen-bond acceptors (Lipinski definition) is 6. The van der Waals surface area contributed by atoms with Crippen LogP contribution in [-0.4, -0.2) is 61.8 Å². The second kappa shape index (κ2) is 8.41. The molecule has 1 aromatic carbocycles. The van der Waals surface area contributed by atoms with E-state index in [0.717, 1.165) is 37.2 Å². The van der Waals surface area contributed by atoms with Crippen LogP contribution in [0, 0.1) is 5.92 Å². The number of fused-ring (bicyclic) bond motifs is 1. The van der Waals surface area contributed by atoms with E-state index >= 15 is 0 Å². The first-order valence-electron chi connectivity index (χ1n) is 10.6. The molecule has 0 aromatic heterocycles. The van der Waals surface area contributed by atoms with E-state index in [9.17, 15) is 14.4 Å². The lowest BCUT2D eigenvalue weighted by molar-refractivity contribution is -0.142. The molecule has 31 heavy (non-hydrogen) atoms. The third-order valence-corrected chi connectivity index (χ3v) is 7.34. The van der Waals surface area contributed by atoms with Crippen LogP contribution in [0.3, 0.4) is 0 Å². The monoisotopic (exact) mass is 449 g/mol. The van der Waals surface area contributed by atoms with Crippen molar-refractivity contribution >= 4 is 35.0 Å². The van der Waals surface area contributed by atoms with Crippen LogP contribution in [0.25, 0.3) is 0 Å². The number of nitrogens with zero attached hydrogens (tertiary/aromatic N) is 2. The average molecular weight is 450 g/mol. The molecular weight excluding hydrogens is 422 g/mol. The van der Waals surface area contributed by atoms with Crippen LogP contribution in [0.15, 0.2) is 12.1 Å². The molecule has 0 radical (unpaired) electrons. The highest BCUT2D eigenvalue weighted by molar-refractivity contribution is 6.35. The number of hydrogen-bond donors (Lipinski definition) is 1. The van der Waals surface area contributed by atoms with E-state index in [1.807, 2.05) is 6.07 Å². The Morgan fingerprint density at radius 3 is 2.45 bits per heavy atom. The highest BCUT2D eigenvalue weighted by Gasteiger charge is 2.49. The number of carbonyl (C=O) groups is 3. The van der Waals surface area contributed by atoms with Crippen LogP contribution in [0.2, 0.25) is 5.02 Å². The molecule has 0 bridgehead atoms. The summed E-state index contributed by atoms with van der Waals surface area (Å²) in [5.74, 6) is -0.644. The maximum Gasteiger partial charge on any atom is 0.255 e. The highest BCUT2D eigenvalue weighted by atomic mass is 35.5. The lowest BCUT2D eigenvalue weighted by Gasteiger charge is -2.39. The summed E-state index contributed by atoms with van der Waals surface area (Å²) in [4.78, 5) is 41.0. The molecule has 8 nitrogen and oxygen atoms in total. The standard InChI is InChI=1S/C22H28ClN3O5/c1-22(9-6-17(27)24-21(22)29)26-12-15-14(19(26)28)4-5-16(18(15)23)25-10-7-13(8-11-25)20(30-2)31-3/h4-5,13,20H,6-12H2,1-3H3,(H,24,27,29). The van der Waals surface area contributed by atoms with Gasteiger partial charge in [0.05, 0.1) is 10.7 Å². The van der Waals surface area contributed by atoms with E-state index in [0.29, 0.717) is 22.9 Å². The topological polar surface area (TPSA) is 88.2 Å². The Bertz CT molecular complexity index is 911. The number of piperidine rings is 2. The third kappa shape index (κ3) is 3.70. The van der Waals surface area contributed by atoms with Gasteiger partial charge in [-0.2, -0.15) is 0 Å². The van der Waals surface area contributed by atoms with Gasteiger partial charge in [0.25, 0.3) is 11.8 Å². The molecule has 3 aliphatic heterocycles. The smallest absolute Gasteiger partial charge is 0.255 e. The molecule has 1 N–H and O–H groups in total. The van der Waals surface area contributed by atoms with E-state index < -0.39 is 11.4 Å². The number of nitrogens with one attached hydrogen (secondary N) is 1. The zero-order chi connectivity index (χ0) is 22.3. The first-order valence-corrected chi connectivity index (χ1v) is 11.0. The van der Waals surface area contributed by atoms with Crippen molar-refractivity contribution in [3.8, 4) is 0 Å². The largest absolute Gasteiger partial charge is 0.370 e. The molecule has 3 heterocycles. The zero-order valence-electron chi connectivity index (χ0n) is 18.1. The number of halogens is 1. The number of amides is 3. The Morgan fingerprint density at radius 1 is 1.16 bits per heavy atom. The van der Waals surface area contributed by atoms with E-state index in [-0.39, 0.29) is 31.1 Å². The second-order valence-electron chi connectivity index (χ2n) is 8.63. The summed E-state index contributed by atoms with van der Waals surface area (Å²) < 4.78 is 10.8. The predicted molar refractivity (Wildman–Crippen MR) is 115 cm³/mol. The number of anilines is 1. The van der Waals surface area contributed by atoms with E-state index in [1.165, 1.54) is 0 Å². The van der Waals surface area contributed by atoms with Crippen molar-refractivity contribution in [2.24, 2.45) is 5.92 Å². The summed E-state index contributed by atoms with van der Waals surface area (Å²) in [6.07, 6.45) is 2.13. The second-order valence-corrected chi connectivity index (χ2v) is 9.01. The number of benzene rings is 1. The molecule has 168 valence electrons. The minimum atomic E-state index is -1.07. The summed E-state index contributed by atoms with van der Waals surface area (Å²) in [6.45, 7) is 3.59. The summed E-state index contributed by atoms with van der Waals surface area (Å²) in [5.41, 5.74) is 1.09. The van der Waals surface area contributed by atoms with Crippen LogP contribution in [0.4, 0.5) is 5.69 Å². The van der Waals surface area contributed by atoms with Crippen molar-refractivity contribution < 1.29 is 23.9 Å².